The molecule has 2 amide bonds. The van der Waals surface area contributed by atoms with Crippen LogP contribution in [0.4, 0.5) is 10.7 Å². The van der Waals surface area contributed by atoms with Crippen molar-refractivity contribution in [3.63, 3.8) is 0 Å². The van der Waals surface area contributed by atoms with E-state index in [-0.39, 0.29) is 11.8 Å². The number of rotatable bonds is 3. The Morgan fingerprint density at radius 2 is 1.91 bits per heavy atom. The molecule has 1 atom stereocenters. The predicted molar refractivity (Wildman–Crippen MR) is 94.2 cm³/mol. The van der Waals surface area contributed by atoms with E-state index in [1.54, 1.807) is 11.3 Å². The van der Waals surface area contributed by atoms with Crippen LogP contribution >= 0.6 is 11.3 Å². The Labute approximate surface area is 139 Å². The molecule has 23 heavy (non-hydrogen) atoms. The monoisotopic (exact) mass is 328 g/mol. The maximum absolute atomic E-state index is 12.8. The molecule has 1 heterocycles. The molecule has 0 saturated heterocycles. The van der Waals surface area contributed by atoms with Crippen LogP contribution in [-0.2, 0) is 17.6 Å². The topological polar surface area (TPSA) is 58.2 Å². The highest BCUT2D eigenvalue weighted by Gasteiger charge is 2.28. The molecule has 0 unspecified atom stereocenters. The van der Waals surface area contributed by atoms with Crippen LogP contribution < -0.4 is 10.6 Å². The van der Waals surface area contributed by atoms with Gasteiger partial charge < -0.3 is 10.6 Å². The summed E-state index contributed by atoms with van der Waals surface area (Å²) < 4.78 is 0. The van der Waals surface area contributed by atoms with Crippen LogP contribution in [0.2, 0.25) is 0 Å². The minimum Gasteiger partial charge on any atom is -0.322 e. The first kappa shape index (κ1) is 15.7. The van der Waals surface area contributed by atoms with Gasteiger partial charge in [0.1, 0.15) is 5.00 Å². The standard InChI is InChI=1S/C18H20N2O2S/c1-11-8-9-14-15(10-11)23-18(19-12(2)21)16(14)17(22)20-13-6-4-3-5-7-13/h3-7,11H,8-10H2,1-2H3,(H,19,21)(H,20,22)/t11-/m0/s1. The van der Waals surface area contributed by atoms with Crippen molar-refractivity contribution in [2.45, 2.75) is 33.1 Å². The smallest absolute Gasteiger partial charge is 0.258 e. The number of thiophene rings is 1. The number of amides is 2. The zero-order chi connectivity index (χ0) is 16.4. The first-order valence-corrected chi connectivity index (χ1v) is 8.64. The van der Waals surface area contributed by atoms with Gasteiger partial charge >= 0.3 is 0 Å². The normalized spacial score (nSPS) is 16.5. The summed E-state index contributed by atoms with van der Waals surface area (Å²) in [6.07, 6.45) is 2.95. The molecule has 4 nitrogen and oxygen atoms in total. The maximum atomic E-state index is 12.8. The number of nitrogens with one attached hydrogen (secondary N) is 2. The van der Waals surface area contributed by atoms with E-state index in [1.165, 1.54) is 11.8 Å². The van der Waals surface area contributed by atoms with E-state index in [1.807, 2.05) is 30.3 Å². The molecule has 2 N–H and O–H groups in total. The highest BCUT2D eigenvalue weighted by atomic mass is 32.1. The van der Waals surface area contributed by atoms with Gasteiger partial charge in [0.15, 0.2) is 0 Å². The molecule has 0 radical (unpaired) electrons. The third-order valence-electron chi connectivity index (χ3n) is 4.06. The predicted octanol–water partition coefficient (Wildman–Crippen LogP) is 4.08. The molecule has 5 heteroatoms. The molecule has 1 aromatic heterocycles. The Balaban J connectivity index is 1.95. The van der Waals surface area contributed by atoms with Crippen molar-refractivity contribution in [1.29, 1.82) is 0 Å². The fourth-order valence-corrected chi connectivity index (χ4v) is 4.41. The Hall–Kier alpha value is -2.14. The molecule has 1 aliphatic carbocycles. The van der Waals surface area contributed by atoms with Crippen molar-refractivity contribution < 1.29 is 9.59 Å². The van der Waals surface area contributed by atoms with Crippen LogP contribution in [0.15, 0.2) is 30.3 Å². The van der Waals surface area contributed by atoms with E-state index in [4.69, 9.17) is 0 Å². The van der Waals surface area contributed by atoms with Gasteiger partial charge in [-0.1, -0.05) is 25.1 Å². The molecule has 0 spiro atoms. The molecular weight excluding hydrogens is 308 g/mol. The van der Waals surface area contributed by atoms with Gasteiger partial charge in [-0.2, -0.15) is 0 Å². The first-order chi connectivity index (χ1) is 11.0. The van der Waals surface area contributed by atoms with Crippen molar-refractivity contribution in [2.24, 2.45) is 5.92 Å². The summed E-state index contributed by atoms with van der Waals surface area (Å²) in [6, 6.07) is 9.39. The van der Waals surface area contributed by atoms with Gasteiger partial charge in [-0.15, -0.1) is 11.3 Å². The molecule has 0 aliphatic heterocycles. The molecule has 2 aromatic rings. The van der Waals surface area contributed by atoms with Crippen molar-refractivity contribution >= 4 is 33.8 Å². The van der Waals surface area contributed by atoms with Gasteiger partial charge in [-0.25, -0.2) is 0 Å². The number of hydrogen-bond donors (Lipinski definition) is 2. The average molecular weight is 328 g/mol. The number of benzene rings is 1. The van der Waals surface area contributed by atoms with E-state index in [9.17, 15) is 9.59 Å². The molecule has 1 aromatic carbocycles. The minimum absolute atomic E-state index is 0.146. The zero-order valence-corrected chi connectivity index (χ0v) is 14.1. The summed E-state index contributed by atoms with van der Waals surface area (Å²) >= 11 is 1.54. The Bertz CT molecular complexity index is 737. The van der Waals surface area contributed by atoms with Crippen molar-refractivity contribution in [1.82, 2.24) is 0 Å². The van der Waals surface area contributed by atoms with Crippen LogP contribution in [0.5, 0.6) is 0 Å². The largest absolute Gasteiger partial charge is 0.322 e. The summed E-state index contributed by atoms with van der Waals surface area (Å²) in [5.41, 5.74) is 2.50. The fourth-order valence-electron chi connectivity index (χ4n) is 2.95. The van der Waals surface area contributed by atoms with E-state index in [0.717, 1.165) is 30.5 Å². The quantitative estimate of drug-likeness (QED) is 0.892. The second-order valence-corrected chi connectivity index (χ2v) is 7.16. The van der Waals surface area contributed by atoms with E-state index in [2.05, 4.69) is 17.6 Å². The Morgan fingerprint density at radius 1 is 1.17 bits per heavy atom. The second kappa shape index (κ2) is 6.54. The van der Waals surface area contributed by atoms with Crippen LogP contribution in [0.1, 0.15) is 41.1 Å². The number of carbonyl (C=O) groups is 2. The van der Waals surface area contributed by atoms with Crippen molar-refractivity contribution in [3.8, 4) is 0 Å². The minimum atomic E-state index is -0.148. The lowest BCUT2D eigenvalue weighted by Crippen LogP contribution is -2.18. The zero-order valence-electron chi connectivity index (χ0n) is 13.3. The lowest BCUT2D eigenvalue weighted by Gasteiger charge is -2.18. The van der Waals surface area contributed by atoms with Crippen LogP contribution in [-0.4, -0.2) is 11.8 Å². The van der Waals surface area contributed by atoms with Gasteiger partial charge in [-0.05, 0) is 42.9 Å². The third kappa shape index (κ3) is 3.45. The number of fused-ring (bicyclic) bond motifs is 1. The number of anilines is 2. The fraction of sp³-hybridized carbons (Fsp3) is 0.333. The van der Waals surface area contributed by atoms with E-state index >= 15 is 0 Å². The van der Waals surface area contributed by atoms with Gasteiger partial charge in [-0.3, -0.25) is 9.59 Å². The summed E-state index contributed by atoms with van der Waals surface area (Å²) in [4.78, 5) is 25.5. The number of hydrogen-bond acceptors (Lipinski definition) is 3. The van der Waals surface area contributed by atoms with Crippen LogP contribution in [0.25, 0.3) is 0 Å². The highest BCUT2D eigenvalue weighted by Crippen LogP contribution is 2.40. The Kier molecular flexibility index (Phi) is 4.48. The highest BCUT2D eigenvalue weighted by molar-refractivity contribution is 7.17. The SMILES string of the molecule is CC(=O)Nc1sc2c(c1C(=O)Nc1ccccc1)CC[C@H](C)C2. The molecule has 3 rings (SSSR count). The lowest BCUT2D eigenvalue weighted by molar-refractivity contribution is -0.114. The van der Waals surface area contributed by atoms with Gasteiger partial charge in [0.25, 0.3) is 5.91 Å². The molecule has 0 saturated carbocycles. The summed E-state index contributed by atoms with van der Waals surface area (Å²) in [7, 11) is 0. The molecular formula is C18H20N2O2S. The van der Waals surface area contributed by atoms with Crippen LogP contribution in [0, 0.1) is 5.92 Å². The van der Waals surface area contributed by atoms with E-state index < -0.39 is 0 Å². The number of carbonyl (C=O) groups excluding carboxylic acids is 2. The number of para-hydroxylation sites is 1. The molecule has 120 valence electrons. The van der Waals surface area contributed by atoms with Crippen molar-refractivity contribution in [3.05, 3.63) is 46.3 Å². The van der Waals surface area contributed by atoms with Crippen LogP contribution in [0.3, 0.4) is 0 Å². The second-order valence-electron chi connectivity index (χ2n) is 6.06. The summed E-state index contributed by atoms with van der Waals surface area (Å²) in [5.74, 6) is 0.328. The first-order valence-electron chi connectivity index (χ1n) is 7.83. The average Bonchev–Trinajstić information content (AvgIpc) is 2.84. The molecule has 0 fully saturated rings. The summed E-state index contributed by atoms with van der Waals surface area (Å²) in [6.45, 7) is 3.70. The Morgan fingerprint density at radius 3 is 2.61 bits per heavy atom. The molecule has 0 bridgehead atoms. The third-order valence-corrected chi connectivity index (χ3v) is 5.23. The maximum Gasteiger partial charge on any atom is 0.258 e. The molecule has 1 aliphatic rings. The van der Waals surface area contributed by atoms with E-state index in [0.29, 0.717) is 16.5 Å². The summed E-state index contributed by atoms with van der Waals surface area (Å²) in [5, 5.41) is 6.44. The van der Waals surface area contributed by atoms with Gasteiger partial charge in [0, 0.05) is 17.5 Å². The van der Waals surface area contributed by atoms with Gasteiger partial charge in [0.2, 0.25) is 5.91 Å². The van der Waals surface area contributed by atoms with Gasteiger partial charge in [0.05, 0.1) is 5.56 Å². The lowest BCUT2D eigenvalue weighted by atomic mass is 9.88. The van der Waals surface area contributed by atoms with Crippen molar-refractivity contribution in [2.75, 3.05) is 10.6 Å².